The van der Waals surface area contributed by atoms with Crippen molar-refractivity contribution in [2.24, 2.45) is 11.7 Å². The molecule has 2 atom stereocenters. The van der Waals surface area contributed by atoms with E-state index >= 15 is 0 Å². The lowest BCUT2D eigenvalue weighted by atomic mass is 9.85. The van der Waals surface area contributed by atoms with Crippen LogP contribution in [-0.2, 0) is 4.74 Å². The molecule has 1 aliphatic carbocycles. The molecule has 3 nitrogen and oxygen atoms in total. The summed E-state index contributed by atoms with van der Waals surface area (Å²) in [5.41, 5.74) is 7.60. The molecule has 0 saturated heterocycles. The lowest BCUT2D eigenvalue weighted by molar-refractivity contribution is -0.00797. The summed E-state index contributed by atoms with van der Waals surface area (Å²) in [5, 5.41) is 9.30. The van der Waals surface area contributed by atoms with Gasteiger partial charge >= 0.3 is 0 Å². The van der Waals surface area contributed by atoms with Crippen LogP contribution in [0.25, 0.3) is 6.08 Å². The second kappa shape index (κ2) is 7.21. The molecular weight excluding hydrogens is 260 g/mol. The first-order valence-electron chi connectivity index (χ1n) is 7.44. The largest absolute Gasteiger partial charge is 0.357 e. The van der Waals surface area contributed by atoms with Gasteiger partial charge in [0.15, 0.2) is 0 Å². The van der Waals surface area contributed by atoms with E-state index in [1.807, 2.05) is 48.6 Å². The lowest BCUT2D eigenvalue weighted by Crippen LogP contribution is -2.43. The van der Waals surface area contributed by atoms with Gasteiger partial charge in [-0.15, -0.1) is 0 Å². The Hall–Kier alpha value is -1.89. The normalized spacial score (nSPS) is 26.7. The van der Waals surface area contributed by atoms with Gasteiger partial charge in [0, 0.05) is 13.0 Å². The van der Waals surface area contributed by atoms with Gasteiger partial charge in [-0.1, -0.05) is 55.8 Å². The number of hydrogen-bond donors (Lipinski definition) is 1. The predicted octanol–water partition coefficient (Wildman–Crippen LogP) is 3.64. The summed E-state index contributed by atoms with van der Waals surface area (Å²) in [7, 11) is 0. The topological polar surface area (TPSA) is 59.0 Å². The molecule has 2 rings (SSSR count). The zero-order valence-electron chi connectivity index (χ0n) is 12.5. The summed E-state index contributed by atoms with van der Waals surface area (Å²) in [6.07, 6.45) is 8.35. The van der Waals surface area contributed by atoms with Crippen LogP contribution in [0, 0.1) is 17.2 Å². The minimum absolute atomic E-state index is 0.225. The molecule has 1 aromatic carbocycles. The van der Waals surface area contributed by atoms with E-state index in [0.717, 1.165) is 24.0 Å². The van der Waals surface area contributed by atoms with Gasteiger partial charge in [-0.25, -0.2) is 0 Å². The average Bonchev–Trinajstić information content (AvgIpc) is 2.49. The van der Waals surface area contributed by atoms with Gasteiger partial charge in [-0.2, -0.15) is 5.26 Å². The maximum Gasteiger partial charge on any atom is 0.139 e. The number of hydrogen-bond acceptors (Lipinski definition) is 3. The Morgan fingerprint density at radius 1 is 1.43 bits per heavy atom. The first-order valence-corrected chi connectivity index (χ1v) is 7.44. The molecule has 2 unspecified atom stereocenters. The third-order valence-electron chi connectivity index (χ3n) is 3.61. The van der Waals surface area contributed by atoms with Crippen LogP contribution >= 0.6 is 0 Å². The minimum Gasteiger partial charge on any atom is -0.357 e. The smallest absolute Gasteiger partial charge is 0.139 e. The number of ether oxygens (including phenoxy) is 1. The van der Waals surface area contributed by atoms with Crippen molar-refractivity contribution < 1.29 is 4.74 Å². The van der Waals surface area contributed by atoms with Gasteiger partial charge in [-0.3, -0.25) is 5.73 Å². The molecule has 1 aliphatic rings. The third kappa shape index (κ3) is 4.29. The second-order valence-electron chi connectivity index (χ2n) is 5.43. The van der Waals surface area contributed by atoms with Crippen LogP contribution in [0.1, 0.15) is 31.7 Å². The number of allylic oxidation sites excluding steroid dienone is 1. The van der Waals surface area contributed by atoms with E-state index in [2.05, 4.69) is 13.0 Å². The molecule has 0 saturated carbocycles. The fourth-order valence-corrected chi connectivity index (χ4v) is 2.41. The van der Waals surface area contributed by atoms with E-state index < -0.39 is 5.72 Å². The molecule has 0 spiro atoms. The van der Waals surface area contributed by atoms with Gasteiger partial charge in [0.05, 0.1) is 12.0 Å². The van der Waals surface area contributed by atoms with Crippen molar-refractivity contribution in [1.29, 1.82) is 5.26 Å². The number of benzene rings is 1. The summed E-state index contributed by atoms with van der Waals surface area (Å²) in [6, 6.07) is 12.3. The quantitative estimate of drug-likeness (QED) is 0.509. The number of nitriles is 1. The summed E-state index contributed by atoms with van der Waals surface area (Å²) in [5.74, 6) is -0.225. The molecule has 1 aromatic rings. The first-order chi connectivity index (χ1) is 10.2. The second-order valence-corrected chi connectivity index (χ2v) is 5.43. The number of unbranched alkanes of at least 4 members (excludes halogenated alkanes) is 1. The molecule has 2 N–H and O–H groups in total. The Morgan fingerprint density at radius 3 is 2.86 bits per heavy atom. The highest BCUT2D eigenvalue weighted by atomic mass is 16.5. The zero-order valence-corrected chi connectivity index (χ0v) is 12.5. The molecule has 110 valence electrons. The van der Waals surface area contributed by atoms with Gasteiger partial charge in [0.2, 0.25) is 0 Å². The molecule has 0 amide bonds. The van der Waals surface area contributed by atoms with Crippen molar-refractivity contribution >= 4 is 6.08 Å². The van der Waals surface area contributed by atoms with Gasteiger partial charge < -0.3 is 4.74 Å². The fourth-order valence-electron chi connectivity index (χ4n) is 2.41. The van der Waals surface area contributed by atoms with Crippen LogP contribution in [0.4, 0.5) is 0 Å². The summed E-state index contributed by atoms with van der Waals surface area (Å²) < 4.78 is 5.81. The monoisotopic (exact) mass is 282 g/mol. The van der Waals surface area contributed by atoms with Crippen LogP contribution in [0.2, 0.25) is 0 Å². The van der Waals surface area contributed by atoms with Crippen LogP contribution in [0.5, 0.6) is 0 Å². The van der Waals surface area contributed by atoms with Gasteiger partial charge in [0.1, 0.15) is 5.72 Å². The highest BCUT2D eigenvalue weighted by Gasteiger charge is 2.31. The third-order valence-corrected chi connectivity index (χ3v) is 3.61. The van der Waals surface area contributed by atoms with E-state index in [4.69, 9.17) is 10.5 Å². The van der Waals surface area contributed by atoms with Crippen molar-refractivity contribution in [1.82, 2.24) is 0 Å². The molecule has 0 bridgehead atoms. The van der Waals surface area contributed by atoms with E-state index in [-0.39, 0.29) is 5.92 Å². The Labute approximate surface area is 126 Å². The maximum absolute atomic E-state index is 9.30. The maximum atomic E-state index is 9.30. The lowest BCUT2D eigenvalue weighted by Gasteiger charge is -2.32. The highest BCUT2D eigenvalue weighted by Crippen LogP contribution is 2.31. The summed E-state index contributed by atoms with van der Waals surface area (Å²) in [4.78, 5) is 0. The van der Waals surface area contributed by atoms with E-state index in [9.17, 15) is 5.26 Å². The van der Waals surface area contributed by atoms with E-state index in [1.165, 1.54) is 0 Å². The van der Waals surface area contributed by atoms with Crippen molar-refractivity contribution in [3.63, 3.8) is 0 Å². The standard InChI is InChI=1S/C18H22N2O/c1-2-3-11-21-18(20)10-9-16(14-19)17(13-18)12-15-7-5-4-6-8-15/h4-10,12,16H,2-3,11,13,20H2,1H3. The molecule has 0 aromatic heterocycles. The summed E-state index contributed by atoms with van der Waals surface area (Å²) >= 11 is 0. The molecule has 3 heteroatoms. The molecule has 0 aliphatic heterocycles. The Kier molecular flexibility index (Phi) is 5.32. The van der Waals surface area contributed by atoms with Crippen LogP contribution < -0.4 is 5.73 Å². The molecule has 0 radical (unpaired) electrons. The Morgan fingerprint density at radius 2 is 2.19 bits per heavy atom. The SMILES string of the molecule is CCCCOC1(N)C=CC(C#N)C(=Cc2ccccc2)C1. The molecule has 0 heterocycles. The highest BCUT2D eigenvalue weighted by molar-refractivity contribution is 5.56. The predicted molar refractivity (Wildman–Crippen MR) is 85.1 cm³/mol. The zero-order chi connectivity index (χ0) is 15.1. The minimum atomic E-state index is -0.789. The molecular formula is C18H22N2O. The van der Waals surface area contributed by atoms with Crippen molar-refractivity contribution in [3.8, 4) is 6.07 Å². The average molecular weight is 282 g/mol. The van der Waals surface area contributed by atoms with Gasteiger partial charge in [-0.05, 0) is 23.6 Å². The van der Waals surface area contributed by atoms with Crippen LogP contribution in [0.3, 0.4) is 0 Å². The van der Waals surface area contributed by atoms with Crippen molar-refractivity contribution in [3.05, 3.63) is 53.6 Å². The number of rotatable bonds is 5. The van der Waals surface area contributed by atoms with Gasteiger partial charge in [0.25, 0.3) is 0 Å². The fraction of sp³-hybridized carbons (Fsp3) is 0.389. The van der Waals surface area contributed by atoms with Crippen molar-refractivity contribution in [2.75, 3.05) is 6.61 Å². The van der Waals surface area contributed by atoms with E-state index in [0.29, 0.717) is 13.0 Å². The summed E-state index contributed by atoms with van der Waals surface area (Å²) in [6.45, 7) is 2.77. The Balaban J connectivity index is 2.18. The van der Waals surface area contributed by atoms with Crippen LogP contribution in [0.15, 0.2) is 48.1 Å². The van der Waals surface area contributed by atoms with Crippen LogP contribution in [-0.4, -0.2) is 12.3 Å². The first kappa shape index (κ1) is 15.5. The van der Waals surface area contributed by atoms with E-state index in [1.54, 1.807) is 0 Å². The Bertz CT molecular complexity index is 556. The molecule has 21 heavy (non-hydrogen) atoms. The number of nitrogens with two attached hydrogens (primary N) is 1. The molecule has 0 fully saturated rings. The number of nitrogens with zero attached hydrogens (tertiary/aromatic N) is 1. The van der Waals surface area contributed by atoms with Crippen molar-refractivity contribution in [2.45, 2.75) is 31.9 Å².